The number of hydrogen-bond acceptors (Lipinski definition) is 4. The Labute approximate surface area is 175 Å². The highest BCUT2D eigenvalue weighted by Gasteiger charge is 2.45. The number of morpholine rings is 1. The Morgan fingerprint density at radius 3 is 1.89 bits per heavy atom. The Kier molecular flexibility index (Phi) is 7.17. The standard InChI is InChI=1S/C24H47N3O/c1-19(2)25-11-8-21(9-12-25)24(6,7)27-13-10-22(18-20(27)3)23(4,5)26-14-16-28-17-15-26/h19-22H,8-18H2,1-7H3. The van der Waals surface area contributed by atoms with Crippen LogP contribution in [0.25, 0.3) is 0 Å². The lowest BCUT2D eigenvalue weighted by atomic mass is 9.72. The molecule has 3 rings (SSSR count). The van der Waals surface area contributed by atoms with E-state index in [1.807, 2.05) is 0 Å². The highest BCUT2D eigenvalue weighted by Crippen LogP contribution is 2.41. The van der Waals surface area contributed by atoms with Crippen molar-refractivity contribution in [3.63, 3.8) is 0 Å². The average Bonchev–Trinajstić information content (AvgIpc) is 2.68. The van der Waals surface area contributed by atoms with Crippen molar-refractivity contribution in [1.29, 1.82) is 0 Å². The molecule has 0 N–H and O–H groups in total. The fraction of sp³-hybridized carbons (Fsp3) is 1.00. The molecule has 3 aliphatic rings. The van der Waals surface area contributed by atoms with Gasteiger partial charge in [0.2, 0.25) is 0 Å². The molecule has 164 valence electrons. The van der Waals surface area contributed by atoms with Gasteiger partial charge in [0.15, 0.2) is 0 Å². The quantitative estimate of drug-likeness (QED) is 0.700. The normalized spacial score (nSPS) is 30.9. The maximum absolute atomic E-state index is 5.60. The zero-order valence-electron chi connectivity index (χ0n) is 19.8. The fourth-order valence-electron chi connectivity index (χ4n) is 6.42. The Bertz CT molecular complexity index is 490. The maximum atomic E-state index is 5.60. The zero-order chi connectivity index (χ0) is 20.5. The number of likely N-dealkylation sites (tertiary alicyclic amines) is 2. The van der Waals surface area contributed by atoms with Gasteiger partial charge in [0.1, 0.15) is 0 Å². The Hall–Kier alpha value is -0.160. The summed E-state index contributed by atoms with van der Waals surface area (Å²) >= 11 is 0. The van der Waals surface area contributed by atoms with Gasteiger partial charge in [-0.3, -0.25) is 9.80 Å². The van der Waals surface area contributed by atoms with Gasteiger partial charge in [-0.05, 0) is 106 Å². The third-order valence-corrected chi connectivity index (χ3v) is 8.70. The SMILES string of the molecule is CC(C)N1CCC(C(C)(C)N2CCC(C(C)(C)N3CCOCC3)CC2C)CC1. The van der Waals surface area contributed by atoms with Gasteiger partial charge in [0, 0.05) is 36.3 Å². The first-order valence-electron chi connectivity index (χ1n) is 12.0. The smallest absolute Gasteiger partial charge is 0.0594 e. The van der Waals surface area contributed by atoms with E-state index in [0.29, 0.717) is 17.6 Å². The second-order valence-corrected chi connectivity index (χ2v) is 11.1. The number of piperidine rings is 2. The van der Waals surface area contributed by atoms with Gasteiger partial charge >= 0.3 is 0 Å². The van der Waals surface area contributed by atoms with Crippen LogP contribution in [0.2, 0.25) is 0 Å². The van der Waals surface area contributed by atoms with E-state index in [2.05, 4.69) is 63.2 Å². The molecule has 2 atom stereocenters. The highest BCUT2D eigenvalue weighted by atomic mass is 16.5. The molecule has 0 spiro atoms. The summed E-state index contributed by atoms with van der Waals surface area (Å²) in [5, 5.41) is 0. The minimum absolute atomic E-state index is 0.289. The van der Waals surface area contributed by atoms with Crippen LogP contribution in [0, 0.1) is 11.8 Å². The van der Waals surface area contributed by atoms with Gasteiger partial charge in [-0.15, -0.1) is 0 Å². The summed E-state index contributed by atoms with van der Waals surface area (Å²) in [7, 11) is 0. The molecule has 0 saturated carbocycles. The summed E-state index contributed by atoms with van der Waals surface area (Å²) in [6.07, 6.45) is 5.38. The van der Waals surface area contributed by atoms with E-state index in [4.69, 9.17) is 4.74 Å². The first-order valence-corrected chi connectivity index (χ1v) is 12.0. The van der Waals surface area contributed by atoms with Crippen LogP contribution >= 0.6 is 0 Å². The number of nitrogens with zero attached hydrogens (tertiary/aromatic N) is 3. The van der Waals surface area contributed by atoms with Crippen molar-refractivity contribution in [2.24, 2.45) is 11.8 Å². The molecule has 0 aliphatic carbocycles. The Morgan fingerprint density at radius 2 is 1.36 bits per heavy atom. The van der Waals surface area contributed by atoms with E-state index < -0.39 is 0 Å². The van der Waals surface area contributed by atoms with E-state index >= 15 is 0 Å². The number of rotatable bonds is 5. The molecule has 0 amide bonds. The lowest BCUT2D eigenvalue weighted by Crippen LogP contribution is -2.61. The van der Waals surface area contributed by atoms with E-state index in [-0.39, 0.29) is 5.54 Å². The zero-order valence-corrected chi connectivity index (χ0v) is 19.8. The van der Waals surface area contributed by atoms with E-state index in [9.17, 15) is 0 Å². The van der Waals surface area contributed by atoms with Gasteiger partial charge in [0.05, 0.1) is 13.2 Å². The lowest BCUT2D eigenvalue weighted by molar-refractivity contribution is -0.0735. The monoisotopic (exact) mass is 393 g/mol. The molecule has 4 nitrogen and oxygen atoms in total. The molecule has 0 bridgehead atoms. The van der Waals surface area contributed by atoms with Gasteiger partial charge < -0.3 is 9.64 Å². The first kappa shape index (κ1) is 22.5. The van der Waals surface area contributed by atoms with Gasteiger partial charge in [-0.1, -0.05) is 0 Å². The van der Waals surface area contributed by atoms with Crippen molar-refractivity contribution in [3.05, 3.63) is 0 Å². The van der Waals surface area contributed by atoms with Crippen molar-refractivity contribution >= 4 is 0 Å². The maximum Gasteiger partial charge on any atom is 0.0594 e. The fourth-order valence-corrected chi connectivity index (χ4v) is 6.42. The van der Waals surface area contributed by atoms with Crippen LogP contribution < -0.4 is 0 Å². The van der Waals surface area contributed by atoms with Gasteiger partial charge in [0.25, 0.3) is 0 Å². The van der Waals surface area contributed by atoms with Crippen molar-refractivity contribution in [3.8, 4) is 0 Å². The predicted octanol–water partition coefficient (Wildman–Crippen LogP) is 4.10. The number of hydrogen-bond donors (Lipinski definition) is 0. The van der Waals surface area contributed by atoms with Crippen LogP contribution in [0.1, 0.15) is 74.1 Å². The summed E-state index contributed by atoms with van der Waals surface area (Å²) in [6.45, 7) is 25.0. The molecule has 4 heteroatoms. The van der Waals surface area contributed by atoms with Crippen LogP contribution in [-0.4, -0.2) is 83.8 Å². The summed E-state index contributed by atoms with van der Waals surface area (Å²) in [5.74, 6) is 1.61. The van der Waals surface area contributed by atoms with Gasteiger partial charge in [-0.25, -0.2) is 0 Å². The summed E-state index contributed by atoms with van der Waals surface area (Å²) in [6, 6.07) is 1.37. The first-order chi connectivity index (χ1) is 13.1. The van der Waals surface area contributed by atoms with Gasteiger partial charge in [-0.2, -0.15) is 0 Å². The van der Waals surface area contributed by atoms with E-state index in [1.54, 1.807) is 0 Å². The molecule has 3 heterocycles. The Balaban J connectivity index is 1.60. The lowest BCUT2D eigenvalue weighted by Gasteiger charge is -2.55. The third kappa shape index (κ3) is 4.61. The second-order valence-electron chi connectivity index (χ2n) is 11.1. The minimum Gasteiger partial charge on any atom is -0.379 e. The molecule has 0 aromatic rings. The van der Waals surface area contributed by atoms with E-state index in [1.165, 1.54) is 45.3 Å². The molecular formula is C24H47N3O. The molecule has 0 aromatic heterocycles. The molecule has 0 aromatic carbocycles. The summed E-state index contributed by atoms with van der Waals surface area (Å²) in [4.78, 5) is 8.22. The number of ether oxygens (including phenoxy) is 1. The largest absolute Gasteiger partial charge is 0.379 e. The van der Waals surface area contributed by atoms with Crippen molar-refractivity contribution in [1.82, 2.24) is 14.7 Å². The van der Waals surface area contributed by atoms with Crippen molar-refractivity contribution in [2.75, 3.05) is 45.9 Å². The Morgan fingerprint density at radius 1 is 0.786 bits per heavy atom. The van der Waals surface area contributed by atoms with Crippen LogP contribution in [0.3, 0.4) is 0 Å². The molecule has 3 aliphatic heterocycles. The highest BCUT2D eigenvalue weighted by molar-refractivity contribution is 5.00. The molecule has 28 heavy (non-hydrogen) atoms. The van der Waals surface area contributed by atoms with Crippen LogP contribution in [0.4, 0.5) is 0 Å². The summed E-state index contributed by atoms with van der Waals surface area (Å²) < 4.78 is 5.60. The molecule has 3 fully saturated rings. The van der Waals surface area contributed by atoms with Crippen LogP contribution in [-0.2, 0) is 4.74 Å². The molecular weight excluding hydrogens is 346 g/mol. The average molecular weight is 394 g/mol. The van der Waals surface area contributed by atoms with Crippen molar-refractivity contribution in [2.45, 2.75) is 97.3 Å². The van der Waals surface area contributed by atoms with Crippen molar-refractivity contribution < 1.29 is 4.74 Å². The topological polar surface area (TPSA) is 19.0 Å². The van der Waals surface area contributed by atoms with E-state index in [0.717, 1.165) is 38.1 Å². The van der Waals surface area contributed by atoms with Crippen LogP contribution in [0.15, 0.2) is 0 Å². The minimum atomic E-state index is 0.289. The predicted molar refractivity (Wildman–Crippen MR) is 119 cm³/mol. The summed E-state index contributed by atoms with van der Waals surface area (Å²) in [5.41, 5.74) is 0.605. The second kappa shape index (κ2) is 8.91. The third-order valence-electron chi connectivity index (χ3n) is 8.70. The molecule has 3 saturated heterocycles. The van der Waals surface area contributed by atoms with Crippen LogP contribution in [0.5, 0.6) is 0 Å². The molecule has 2 unspecified atom stereocenters. The molecule has 0 radical (unpaired) electrons.